The van der Waals surface area contributed by atoms with E-state index in [1.807, 2.05) is 0 Å². The molecule has 9 heteroatoms. The maximum absolute atomic E-state index is 13.7. The summed E-state index contributed by atoms with van der Waals surface area (Å²) < 4.78 is 44.3. The maximum atomic E-state index is 13.7. The smallest absolute Gasteiger partial charge is 0.275 e. The third kappa shape index (κ3) is 2.42. The van der Waals surface area contributed by atoms with Crippen molar-refractivity contribution < 1.29 is 22.6 Å². The lowest BCUT2D eigenvalue weighted by Gasteiger charge is -2.31. The van der Waals surface area contributed by atoms with E-state index < -0.39 is 28.3 Å². The zero-order valence-electron chi connectivity index (χ0n) is 11.3. The molecule has 6 nitrogen and oxygen atoms in total. The van der Waals surface area contributed by atoms with Crippen LogP contribution in [0.15, 0.2) is 16.7 Å². The maximum Gasteiger partial charge on any atom is 0.275 e. The number of nitrogens with zero attached hydrogens (tertiary/aromatic N) is 3. The molecule has 0 aliphatic heterocycles. The van der Waals surface area contributed by atoms with E-state index in [1.54, 1.807) is 0 Å². The monoisotopic (exact) mass is 313 g/mol. The van der Waals surface area contributed by atoms with Gasteiger partial charge in [0.2, 0.25) is 17.6 Å². The minimum absolute atomic E-state index is 0.0320. The molecule has 1 aromatic carbocycles. The van der Waals surface area contributed by atoms with Crippen molar-refractivity contribution >= 4 is 5.69 Å². The standard InChI is InChI=1S/C13H10F3N3O3/c1-6-9(14)2-7(3-10(6)19(20)21)11-17-12(22-18-11)8-4-13(15,16)5-8/h2-3,8H,4-5H2,1H3. The van der Waals surface area contributed by atoms with Crippen LogP contribution < -0.4 is 0 Å². The van der Waals surface area contributed by atoms with E-state index in [-0.39, 0.29) is 35.7 Å². The van der Waals surface area contributed by atoms with E-state index in [4.69, 9.17) is 4.52 Å². The zero-order valence-corrected chi connectivity index (χ0v) is 11.3. The first kappa shape index (κ1) is 14.5. The summed E-state index contributed by atoms with van der Waals surface area (Å²) in [6, 6.07) is 2.18. The zero-order chi connectivity index (χ0) is 16.1. The molecule has 0 amide bonds. The van der Waals surface area contributed by atoms with Gasteiger partial charge in [-0.15, -0.1) is 0 Å². The van der Waals surface area contributed by atoms with Gasteiger partial charge in [-0.05, 0) is 13.0 Å². The molecule has 1 aliphatic carbocycles. The minimum atomic E-state index is -2.73. The predicted octanol–water partition coefficient (Wildman–Crippen LogP) is 3.61. The highest BCUT2D eigenvalue weighted by Crippen LogP contribution is 2.48. The molecule has 1 fully saturated rings. The van der Waals surface area contributed by atoms with Crippen LogP contribution in [0.25, 0.3) is 11.4 Å². The number of hydrogen-bond donors (Lipinski definition) is 0. The van der Waals surface area contributed by atoms with Gasteiger partial charge in [0.15, 0.2) is 0 Å². The fraction of sp³-hybridized carbons (Fsp3) is 0.385. The van der Waals surface area contributed by atoms with Crippen molar-refractivity contribution in [3.8, 4) is 11.4 Å². The molecule has 1 aromatic heterocycles. The molecule has 0 spiro atoms. The van der Waals surface area contributed by atoms with Crippen LogP contribution in [-0.2, 0) is 0 Å². The number of hydrogen-bond acceptors (Lipinski definition) is 5. The number of benzene rings is 1. The lowest BCUT2D eigenvalue weighted by atomic mass is 9.81. The summed E-state index contributed by atoms with van der Waals surface area (Å²) in [4.78, 5) is 14.1. The van der Waals surface area contributed by atoms with Gasteiger partial charge in [0.1, 0.15) is 5.82 Å². The van der Waals surface area contributed by atoms with Crippen LogP contribution in [0.3, 0.4) is 0 Å². The quantitative estimate of drug-likeness (QED) is 0.638. The van der Waals surface area contributed by atoms with Crippen molar-refractivity contribution in [3.05, 3.63) is 39.5 Å². The van der Waals surface area contributed by atoms with E-state index in [2.05, 4.69) is 10.1 Å². The average molecular weight is 313 g/mol. The van der Waals surface area contributed by atoms with E-state index in [9.17, 15) is 23.3 Å². The highest BCUT2D eigenvalue weighted by atomic mass is 19.3. The lowest BCUT2D eigenvalue weighted by molar-refractivity contribution is -0.385. The molecule has 1 saturated carbocycles. The van der Waals surface area contributed by atoms with Crippen LogP contribution in [0.1, 0.15) is 30.2 Å². The van der Waals surface area contributed by atoms with Gasteiger partial charge in [0, 0.05) is 30.4 Å². The molecule has 1 aliphatic rings. The molecule has 0 bridgehead atoms. The van der Waals surface area contributed by atoms with E-state index in [1.165, 1.54) is 6.92 Å². The highest BCUT2D eigenvalue weighted by molar-refractivity contribution is 5.61. The van der Waals surface area contributed by atoms with Crippen molar-refractivity contribution in [1.82, 2.24) is 10.1 Å². The van der Waals surface area contributed by atoms with Crippen LogP contribution in [0, 0.1) is 22.9 Å². The Hall–Kier alpha value is -2.45. The number of rotatable bonds is 3. The van der Waals surface area contributed by atoms with Crippen molar-refractivity contribution in [2.45, 2.75) is 31.6 Å². The molecule has 3 rings (SSSR count). The fourth-order valence-electron chi connectivity index (χ4n) is 2.34. The van der Waals surface area contributed by atoms with Gasteiger partial charge in [-0.25, -0.2) is 13.2 Å². The normalized spacial score (nSPS) is 17.3. The first-order chi connectivity index (χ1) is 10.3. The Kier molecular flexibility index (Phi) is 3.15. The molecular weight excluding hydrogens is 303 g/mol. The Labute approximate surface area is 122 Å². The summed E-state index contributed by atoms with van der Waals surface area (Å²) in [5, 5.41) is 14.5. The molecule has 0 N–H and O–H groups in total. The summed E-state index contributed by atoms with van der Waals surface area (Å²) >= 11 is 0. The van der Waals surface area contributed by atoms with Crippen molar-refractivity contribution in [2.24, 2.45) is 0 Å². The average Bonchev–Trinajstić information content (AvgIpc) is 2.87. The molecular formula is C13H10F3N3O3. The Morgan fingerprint density at radius 2 is 2.09 bits per heavy atom. The summed E-state index contributed by atoms with van der Waals surface area (Å²) in [6.07, 6.45) is -0.756. The Bertz CT molecular complexity index is 752. The van der Waals surface area contributed by atoms with Crippen molar-refractivity contribution in [3.63, 3.8) is 0 Å². The SMILES string of the molecule is Cc1c(F)cc(-c2noc(C3CC(F)(F)C3)n2)cc1[N+](=O)[O-]. The third-order valence-electron chi connectivity index (χ3n) is 3.65. The third-order valence-corrected chi connectivity index (χ3v) is 3.65. The molecule has 0 unspecified atom stereocenters. The van der Waals surface area contributed by atoms with Crippen LogP contribution in [-0.4, -0.2) is 21.0 Å². The number of aromatic nitrogens is 2. The summed E-state index contributed by atoms with van der Waals surface area (Å²) in [7, 11) is 0. The first-order valence-corrected chi connectivity index (χ1v) is 6.43. The largest absolute Gasteiger partial charge is 0.339 e. The van der Waals surface area contributed by atoms with E-state index >= 15 is 0 Å². The van der Waals surface area contributed by atoms with Crippen LogP contribution in [0.4, 0.5) is 18.9 Å². The molecule has 0 radical (unpaired) electrons. The topological polar surface area (TPSA) is 82.1 Å². The minimum Gasteiger partial charge on any atom is -0.339 e. The fourth-order valence-corrected chi connectivity index (χ4v) is 2.34. The first-order valence-electron chi connectivity index (χ1n) is 6.43. The van der Waals surface area contributed by atoms with Gasteiger partial charge in [0.05, 0.1) is 10.5 Å². The lowest BCUT2D eigenvalue weighted by Crippen LogP contribution is -2.33. The molecule has 116 valence electrons. The second-order valence-electron chi connectivity index (χ2n) is 5.28. The number of nitro groups is 1. The molecule has 1 heterocycles. The molecule has 2 aromatic rings. The predicted molar refractivity (Wildman–Crippen MR) is 68.0 cm³/mol. The van der Waals surface area contributed by atoms with Gasteiger partial charge < -0.3 is 4.52 Å². The second kappa shape index (κ2) is 4.79. The molecule has 0 saturated heterocycles. The number of halogens is 3. The number of nitro benzene ring substituents is 1. The van der Waals surface area contributed by atoms with E-state index in [0.717, 1.165) is 12.1 Å². The highest BCUT2D eigenvalue weighted by Gasteiger charge is 2.48. The van der Waals surface area contributed by atoms with Gasteiger partial charge in [-0.1, -0.05) is 5.16 Å². The van der Waals surface area contributed by atoms with Crippen molar-refractivity contribution in [2.75, 3.05) is 0 Å². The second-order valence-corrected chi connectivity index (χ2v) is 5.28. The Morgan fingerprint density at radius 3 is 2.68 bits per heavy atom. The van der Waals surface area contributed by atoms with Crippen LogP contribution in [0.2, 0.25) is 0 Å². The van der Waals surface area contributed by atoms with Gasteiger partial charge in [-0.3, -0.25) is 10.1 Å². The number of alkyl halides is 2. The summed E-state index contributed by atoms with van der Waals surface area (Å²) in [6.45, 7) is 1.29. The van der Waals surface area contributed by atoms with Crippen LogP contribution >= 0.6 is 0 Å². The van der Waals surface area contributed by atoms with Gasteiger partial charge in [-0.2, -0.15) is 4.98 Å². The van der Waals surface area contributed by atoms with Crippen molar-refractivity contribution in [1.29, 1.82) is 0 Å². The molecule has 0 atom stereocenters. The van der Waals surface area contributed by atoms with E-state index in [0.29, 0.717) is 0 Å². The Morgan fingerprint density at radius 1 is 1.41 bits per heavy atom. The van der Waals surface area contributed by atoms with Gasteiger partial charge >= 0.3 is 0 Å². The molecule has 22 heavy (non-hydrogen) atoms. The van der Waals surface area contributed by atoms with Crippen LogP contribution in [0.5, 0.6) is 0 Å². The summed E-state index contributed by atoms with van der Waals surface area (Å²) in [5.41, 5.74) is -0.441. The summed E-state index contributed by atoms with van der Waals surface area (Å²) in [5.74, 6) is -4.07. The Balaban J connectivity index is 1.92. The van der Waals surface area contributed by atoms with Gasteiger partial charge in [0.25, 0.3) is 5.69 Å².